The van der Waals surface area contributed by atoms with Gasteiger partial charge in [-0.1, -0.05) is 17.7 Å². The number of aliphatic hydroxyl groups is 1. The molecule has 264 valence electrons. The number of amides is 1. The van der Waals surface area contributed by atoms with Gasteiger partial charge in [-0.25, -0.2) is 0 Å². The van der Waals surface area contributed by atoms with E-state index in [1.165, 1.54) is 0 Å². The lowest BCUT2D eigenvalue weighted by Crippen LogP contribution is -2.59. The Hall–Kier alpha value is -3.36. The number of β-amino-alcohol motifs (C(OH)–C–C–N with tert-alkyl or cyclic N) is 1. The normalized spacial score (nSPS) is 24.0. The van der Waals surface area contributed by atoms with Gasteiger partial charge in [0.2, 0.25) is 5.91 Å². The molecular weight excluding hydrogens is 646 g/mol. The number of hydrogen-bond donors (Lipinski definition) is 1. The molecular formula is C34H46ClN3O10. The second-order valence-corrected chi connectivity index (χ2v) is 12.9. The van der Waals surface area contributed by atoms with Gasteiger partial charge in [0.1, 0.15) is 36.4 Å². The molecule has 2 aromatic rings. The zero-order chi connectivity index (χ0) is 33.9. The van der Waals surface area contributed by atoms with Crippen LogP contribution in [0.4, 0.5) is 5.69 Å². The van der Waals surface area contributed by atoms with Crippen LogP contribution in [0.15, 0.2) is 42.5 Å². The number of nitrogens with zero attached hydrogens (tertiary/aromatic N) is 3. The summed E-state index contributed by atoms with van der Waals surface area (Å²) in [6, 6.07) is 13.3. The molecule has 1 aliphatic carbocycles. The minimum absolute atomic E-state index is 0.0557. The number of carbonyl (C=O) groups excluding carboxylic acids is 1. The van der Waals surface area contributed by atoms with Gasteiger partial charge in [0.25, 0.3) is 5.09 Å². The van der Waals surface area contributed by atoms with E-state index in [4.69, 9.17) is 35.3 Å². The summed E-state index contributed by atoms with van der Waals surface area (Å²) in [5, 5.41) is 21.6. The third kappa shape index (κ3) is 10.3. The quantitative estimate of drug-likeness (QED) is 0.152. The van der Waals surface area contributed by atoms with Crippen molar-refractivity contribution in [3.63, 3.8) is 0 Å². The number of likely N-dealkylation sites (tertiary alicyclic amines) is 1. The molecule has 14 heteroatoms. The predicted octanol–water partition coefficient (Wildman–Crippen LogP) is 4.43. The Morgan fingerprint density at radius 1 is 1.06 bits per heavy atom. The summed E-state index contributed by atoms with van der Waals surface area (Å²) in [6.07, 6.45) is 2.02. The smallest absolute Gasteiger partial charge is 0.294 e. The SMILES string of the molecule is COCCCN1CCOc2ccc(COC3CN(C(=O)CCCO[N+](=O)[O-])CC(O)C3OC3CCC(Oc4ccc(Cl)cc4)CC3)cc21. The maximum absolute atomic E-state index is 13.1. The van der Waals surface area contributed by atoms with E-state index in [1.54, 1.807) is 12.0 Å². The minimum Gasteiger partial charge on any atom is -0.490 e. The van der Waals surface area contributed by atoms with E-state index in [2.05, 4.69) is 15.8 Å². The van der Waals surface area contributed by atoms with Crippen LogP contribution in [-0.4, -0.2) is 105 Å². The van der Waals surface area contributed by atoms with Gasteiger partial charge < -0.3 is 43.4 Å². The molecule has 48 heavy (non-hydrogen) atoms. The molecule has 0 bridgehead atoms. The highest BCUT2D eigenvalue weighted by Crippen LogP contribution is 2.34. The number of halogens is 1. The first kappa shape index (κ1) is 35.9. The number of rotatable bonds is 16. The van der Waals surface area contributed by atoms with Crippen LogP contribution in [0.2, 0.25) is 5.02 Å². The summed E-state index contributed by atoms with van der Waals surface area (Å²) >= 11 is 6.00. The molecule has 0 radical (unpaired) electrons. The standard InChI is InChI=1S/C34H46ClN3O10/c1-43-17-3-15-36-16-19-44-31-14-5-24(20-29(31)36)23-45-32-22-37(33(40)4-2-18-46-38(41)42)21-30(39)34(32)48-28-12-10-27(11-13-28)47-26-8-6-25(35)7-9-26/h5-9,14,20,27-28,30,32,34,39H,2-4,10-13,15-19,21-23H2,1H3. The molecule has 2 aromatic carbocycles. The summed E-state index contributed by atoms with van der Waals surface area (Å²) < 4.78 is 30.3. The molecule has 2 fully saturated rings. The van der Waals surface area contributed by atoms with Crippen LogP contribution >= 0.6 is 11.6 Å². The number of ether oxygens (including phenoxy) is 5. The third-order valence-corrected chi connectivity index (χ3v) is 9.20. The molecule has 3 aliphatic rings. The second-order valence-electron chi connectivity index (χ2n) is 12.4. The van der Waals surface area contributed by atoms with Crippen molar-refractivity contribution in [3.8, 4) is 11.5 Å². The van der Waals surface area contributed by atoms with E-state index in [0.717, 1.165) is 67.9 Å². The minimum atomic E-state index is -0.973. The molecule has 1 N–H and O–H groups in total. The Kier molecular flexibility index (Phi) is 13.4. The first-order chi connectivity index (χ1) is 23.3. The topological polar surface area (TPSA) is 142 Å². The number of benzene rings is 2. The van der Waals surface area contributed by atoms with Crippen LogP contribution in [-0.2, 0) is 30.4 Å². The van der Waals surface area contributed by atoms with Crippen molar-refractivity contribution >= 4 is 23.2 Å². The Bertz CT molecular complexity index is 1330. The van der Waals surface area contributed by atoms with Crippen molar-refractivity contribution < 1.29 is 43.5 Å². The maximum Gasteiger partial charge on any atom is 0.294 e. The van der Waals surface area contributed by atoms with Crippen molar-refractivity contribution in [1.82, 2.24) is 4.90 Å². The average molecular weight is 692 g/mol. The van der Waals surface area contributed by atoms with Crippen molar-refractivity contribution in [2.24, 2.45) is 0 Å². The van der Waals surface area contributed by atoms with Crippen LogP contribution in [0.25, 0.3) is 0 Å². The van der Waals surface area contributed by atoms with Gasteiger partial charge in [-0.15, -0.1) is 10.1 Å². The third-order valence-electron chi connectivity index (χ3n) is 8.95. The lowest BCUT2D eigenvalue weighted by atomic mass is 9.93. The summed E-state index contributed by atoms with van der Waals surface area (Å²) in [4.78, 5) is 31.7. The zero-order valence-corrected chi connectivity index (χ0v) is 28.1. The number of aliphatic hydroxyl groups excluding tert-OH is 1. The van der Waals surface area contributed by atoms with Gasteiger partial charge in [-0.2, -0.15) is 0 Å². The largest absolute Gasteiger partial charge is 0.490 e. The first-order valence-corrected chi connectivity index (χ1v) is 17.1. The van der Waals surface area contributed by atoms with Crippen molar-refractivity contribution in [3.05, 3.63) is 63.2 Å². The van der Waals surface area contributed by atoms with E-state index in [1.807, 2.05) is 36.4 Å². The summed E-state index contributed by atoms with van der Waals surface area (Å²) in [6.45, 7) is 3.30. The van der Waals surface area contributed by atoms with Gasteiger partial charge in [-0.3, -0.25) is 4.79 Å². The molecule has 1 saturated heterocycles. The Morgan fingerprint density at radius 3 is 2.58 bits per heavy atom. The van der Waals surface area contributed by atoms with E-state index in [0.29, 0.717) is 18.2 Å². The average Bonchev–Trinajstić information content (AvgIpc) is 3.08. The Balaban J connectivity index is 1.22. The van der Waals surface area contributed by atoms with Gasteiger partial charge in [-0.05, 0) is 80.5 Å². The molecule has 3 unspecified atom stereocenters. The highest BCUT2D eigenvalue weighted by molar-refractivity contribution is 6.30. The molecule has 3 atom stereocenters. The van der Waals surface area contributed by atoms with Gasteiger partial charge in [0, 0.05) is 44.8 Å². The number of anilines is 1. The fourth-order valence-corrected chi connectivity index (χ4v) is 6.61. The van der Waals surface area contributed by atoms with Crippen molar-refractivity contribution in [2.45, 2.75) is 82.1 Å². The lowest BCUT2D eigenvalue weighted by Gasteiger charge is -2.43. The van der Waals surface area contributed by atoms with E-state index in [9.17, 15) is 20.0 Å². The first-order valence-electron chi connectivity index (χ1n) is 16.7. The molecule has 0 aromatic heterocycles. The summed E-state index contributed by atoms with van der Waals surface area (Å²) in [5.41, 5.74) is 1.94. The molecule has 1 saturated carbocycles. The van der Waals surface area contributed by atoms with Crippen molar-refractivity contribution in [2.75, 3.05) is 58.0 Å². The van der Waals surface area contributed by atoms with Gasteiger partial charge in [0.05, 0.1) is 37.7 Å². The lowest BCUT2D eigenvalue weighted by molar-refractivity contribution is -0.757. The molecule has 13 nitrogen and oxygen atoms in total. The second kappa shape index (κ2) is 17.9. The van der Waals surface area contributed by atoms with E-state index < -0.39 is 23.4 Å². The fourth-order valence-electron chi connectivity index (χ4n) is 6.48. The summed E-state index contributed by atoms with van der Waals surface area (Å²) in [5.74, 6) is 1.37. The van der Waals surface area contributed by atoms with E-state index >= 15 is 0 Å². The molecule has 1 amide bonds. The maximum atomic E-state index is 13.1. The Morgan fingerprint density at radius 2 is 1.83 bits per heavy atom. The molecule has 0 spiro atoms. The van der Waals surface area contributed by atoms with Gasteiger partial charge in [0.15, 0.2) is 0 Å². The van der Waals surface area contributed by atoms with Gasteiger partial charge >= 0.3 is 0 Å². The van der Waals surface area contributed by atoms with Crippen LogP contribution in [0, 0.1) is 10.1 Å². The monoisotopic (exact) mass is 691 g/mol. The number of carbonyl (C=O) groups is 1. The Labute approximate surface area is 286 Å². The van der Waals surface area contributed by atoms with Crippen LogP contribution < -0.4 is 14.4 Å². The van der Waals surface area contributed by atoms with Crippen LogP contribution in [0.5, 0.6) is 11.5 Å². The zero-order valence-electron chi connectivity index (χ0n) is 27.4. The molecule has 2 heterocycles. The number of hydrogen-bond acceptors (Lipinski definition) is 11. The molecule has 2 aliphatic heterocycles. The number of fused-ring (bicyclic) bond motifs is 1. The van der Waals surface area contributed by atoms with Crippen LogP contribution in [0.3, 0.4) is 0 Å². The predicted molar refractivity (Wildman–Crippen MR) is 177 cm³/mol. The number of piperidine rings is 1. The fraction of sp³-hybridized carbons (Fsp3) is 0.618. The summed E-state index contributed by atoms with van der Waals surface area (Å²) in [7, 11) is 1.70. The highest BCUT2D eigenvalue weighted by atomic mass is 35.5. The van der Waals surface area contributed by atoms with Crippen molar-refractivity contribution in [1.29, 1.82) is 0 Å². The highest BCUT2D eigenvalue weighted by Gasteiger charge is 2.41. The van der Waals surface area contributed by atoms with E-state index in [-0.39, 0.29) is 57.3 Å². The number of methoxy groups -OCH3 is 1. The van der Waals surface area contributed by atoms with Crippen LogP contribution in [0.1, 0.15) is 50.5 Å². The molecule has 5 rings (SSSR count).